The monoisotopic (exact) mass is 293 g/mol. The van der Waals surface area contributed by atoms with Gasteiger partial charge in [0.25, 0.3) is 5.91 Å². The molecule has 0 aliphatic carbocycles. The number of hydrogen-bond donors (Lipinski definition) is 0. The molecule has 0 saturated carbocycles. The van der Waals surface area contributed by atoms with E-state index in [9.17, 15) is 9.59 Å². The van der Waals surface area contributed by atoms with Crippen LogP contribution >= 0.6 is 11.8 Å². The molecule has 1 aliphatic heterocycles. The Kier molecular flexibility index (Phi) is 4.65. The Balaban J connectivity index is 2.15. The maximum Gasteiger partial charge on any atom is 0.255 e. The zero-order valence-electron chi connectivity index (χ0n) is 11.9. The maximum absolute atomic E-state index is 12.5. The van der Waals surface area contributed by atoms with E-state index in [0.29, 0.717) is 17.2 Å². The van der Waals surface area contributed by atoms with E-state index in [1.54, 1.807) is 53.1 Å². The minimum atomic E-state index is -0.368. The standard InChI is InChI=1S/C14H19N3O2S/c1-10(2)16(3)14(19)12-8-20-9-17(12)13(18)11-4-6-15-7-5-11/h4-7,10,12H,8-9H2,1-3H3/t12-/m0/s1. The summed E-state index contributed by atoms with van der Waals surface area (Å²) in [6.45, 7) is 3.93. The summed E-state index contributed by atoms with van der Waals surface area (Å²) in [5.74, 6) is 1.12. The first kappa shape index (κ1) is 14.8. The Morgan fingerprint density at radius 3 is 2.65 bits per heavy atom. The van der Waals surface area contributed by atoms with Crippen molar-refractivity contribution in [2.75, 3.05) is 18.7 Å². The van der Waals surface area contributed by atoms with E-state index in [1.807, 2.05) is 13.8 Å². The highest BCUT2D eigenvalue weighted by Gasteiger charge is 2.37. The van der Waals surface area contributed by atoms with Crippen molar-refractivity contribution in [1.29, 1.82) is 0 Å². The second kappa shape index (κ2) is 6.26. The summed E-state index contributed by atoms with van der Waals surface area (Å²) >= 11 is 1.61. The molecule has 1 aliphatic rings. The molecule has 0 N–H and O–H groups in total. The fraction of sp³-hybridized carbons (Fsp3) is 0.500. The van der Waals surface area contributed by atoms with E-state index in [2.05, 4.69) is 4.98 Å². The highest BCUT2D eigenvalue weighted by molar-refractivity contribution is 7.99. The van der Waals surface area contributed by atoms with Crippen LogP contribution in [0.25, 0.3) is 0 Å². The lowest BCUT2D eigenvalue weighted by Gasteiger charge is -2.29. The summed E-state index contributed by atoms with van der Waals surface area (Å²) in [5.41, 5.74) is 0.576. The topological polar surface area (TPSA) is 53.5 Å². The van der Waals surface area contributed by atoms with Gasteiger partial charge in [0, 0.05) is 36.8 Å². The van der Waals surface area contributed by atoms with E-state index in [4.69, 9.17) is 0 Å². The first-order chi connectivity index (χ1) is 9.52. The first-order valence-electron chi connectivity index (χ1n) is 6.57. The Morgan fingerprint density at radius 2 is 2.05 bits per heavy atom. The molecule has 0 radical (unpaired) electrons. The molecule has 5 nitrogen and oxygen atoms in total. The van der Waals surface area contributed by atoms with Gasteiger partial charge < -0.3 is 9.80 Å². The average molecular weight is 293 g/mol. The van der Waals surface area contributed by atoms with Gasteiger partial charge in [0.15, 0.2) is 0 Å². The highest BCUT2D eigenvalue weighted by atomic mass is 32.2. The smallest absolute Gasteiger partial charge is 0.255 e. The molecule has 0 unspecified atom stereocenters. The number of thioether (sulfide) groups is 1. The summed E-state index contributed by atoms with van der Waals surface area (Å²) in [5, 5.41) is 0. The van der Waals surface area contributed by atoms with Crippen LogP contribution in [0.5, 0.6) is 0 Å². The molecular formula is C14H19N3O2S. The molecular weight excluding hydrogens is 274 g/mol. The number of carbonyl (C=O) groups excluding carboxylic acids is 2. The average Bonchev–Trinajstić information content (AvgIpc) is 2.95. The summed E-state index contributed by atoms with van der Waals surface area (Å²) in [7, 11) is 1.78. The summed E-state index contributed by atoms with van der Waals surface area (Å²) in [6.07, 6.45) is 3.18. The van der Waals surface area contributed by atoms with E-state index in [0.717, 1.165) is 0 Å². The molecule has 6 heteroatoms. The molecule has 1 aromatic heterocycles. The Hall–Kier alpha value is -1.56. The second-order valence-corrected chi connectivity index (χ2v) is 6.07. The quantitative estimate of drug-likeness (QED) is 0.847. The Bertz CT molecular complexity index is 492. The largest absolute Gasteiger partial charge is 0.342 e. The van der Waals surface area contributed by atoms with Gasteiger partial charge in [-0.3, -0.25) is 14.6 Å². The molecule has 108 valence electrons. The zero-order valence-corrected chi connectivity index (χ0v) is 12.8. The third-order valence-corrected chi connectivity index (χ3v) is 4.49. The van der Waals surface area contributed by atoms with E-state index < -0.39 is 0 Å². The van der Waals surface area contributed by atoms with Crippen molar-refractivity contribution in [1.82, 2.24) is 14.8 Å². The van der Waals surface area contributed by atoms with Crippen molar-refractivity contribution in [2.45, 2.75) is 25.9 Å². The Labute approximate surface area is 123 Å². The van der Waals surface area contributed by atoms with Gasteiger partial charge in [0.05, 0.1) is 5.88 Å². The van der Waals surface area contributed by atoms with Crippen LogP contribution in [0.3, 0.4) is 0 Å². The van der Waals surface area contributed by atoms with Gasteiger partial charge in [-0.05, 0) is 26.0 Å². The number of nitrogens with zero attached hydrogens (tertiary/aromatic N) is 3. The number of amides is 2. The zero-order chi connectivity index (χ0) is 14.7. The van der Waals surface area contributed by atoms with Crippen molar-refractivity contribution >= 4 is 23.6 Å². The molecule has 20 heavy (non-hydrogen) atoms. The van der Waals surface area contributed by atoms with E-state index >= 15 is 0 Å². The first-order valence-corrected chi connectivity index (χ1v) is 7.73. The van der Waals surface area contributed by atoms with Crippen LogP contribution in [-0.2, 0) is 4.79 Å². The molecule has 0 bridgehead atoms. The molecule has 2 heterocycles. The molecule has 2 amide bonds. The van der Waals surface area contributed by atoms with Gasteiger partial charge in [-0.1, -0.05) is 0 Å². The second-order valence-electron chi connectivity index (χ2n) is 5.07. The van der Waals surface area contributed by atoms with Crippen molar-refractivity contribution in [3.63, 3.8) is 0 Å². The fourth-order valence-electron chi connectivity index (χ4n) is 2.00. The van der Waals surface area contributed by atoms with E-state index in [1.165, 1.54) is 0 Å². The van der Waals surface area contributed by atoms with Gasteiger partial charge in [-0.2, -0.15) is 0 Å². The highest BCUT2D eigenvalue weighted by Crippen LogP contribution is 2.24. The van der Waals surface area contributed by atoms with Crippen molar-refractivity contribution in [3.05, 3.63) is 30.1 Å². The van der Waals surface area contributed by atoms with Crippen LogP contribution in [0, 0.1) is 0 Å². The lowest BCUT2D eigenvalue weighted by molar-refractivity contribution is -0.135. The van der Waals surface area contributed by atoms with Crippen LogP contribution in [0.15, 0.2) is 24.5 Å². The molecule has 2 rings (SSSR count). The predicted molar refractivity (Wildman–Crippen MR) is 79.4 cm³/mol. The minimum Gasteiger partial charge on any atom is -0.342 e. The summed E-state index contributed by atoms with van der Waals surface area (Å²) in [6, 6.07) is 3.12. The lowest BCUT2D eigenvalue weighted by atomic mass is 10.2. The SMILES string of the molecule is CC(C)N(C)C(=O)[C@@H]1CSCN1C(=O)c1ccncc1. The van der Waals surface area contributed by atoms with Crippen LogP contribution in [0.1, 0.15) is 24.2 Å². The van der Waals surface area contributed by atoms with Gasteiger partial charge in [0.1, 0.15) is 6.04 Å². The van der Waals surface area contributed by atoms with Crippen LogP contribution in [0.2, 0.25) is 0 Å². The fourth-order valence-corrected chi connectivity index (χ4v) is 3.14. The molecule has 0 aromatic carbocycles. The van der Waals surface area contributed by atoms with Crippen molar-refractivity contribution < 1.29 is 9.59 Å². The maximum atomic E-state index is 12.5. The van der Waals surface area contributed by atoms with Gasteiger partial charge in [-0.15, -0.1) is 11.8 Å². The molecule has 1 aromatic rings. The predicted octanol–water partition coefficient (Wildman–Crippen LogP) is 1.46. The third-order valence-electron chi connectivity index (χ3n) is 3.48. The van der Waals surface area contributed by atoms with Gasteiger partial charge >= 0.3 is 0 Å². The number of carbonyl (C=O) groups is 2. The van der Waals surface area contributed by atoms with Crippen molar-refractivity contribution in [3.8, 4) is 0 Å². The van der Waals surface area contributed by atoms with Gasteiger partial charge in [-0.25, -0.2) is 0 Å². The summed E-state index contributed by atoms with van der Waals surface area (Å²) < 4.78 is 0. The minimum absolute atomic E-state index is 0.00686. The molecule has 1 saturated heterocycles. The number of pyridine rings is 1. The number of aromatic nitrogens is 1. The van der Waals surface area contributed by atoms with Crippen LogP contribution in [-0.4, -0.2) is 57.4 Å². The number of likely N-dealkylation sites (N-methyl/N-ethyl adjacent to an activating group) is 1. The molecule has 1 fully saturated rings. The Morgan fingerprint density at radius 1 is 1.40 bits per heavy atom. The lowest BCUT2D eigenvalue weighted by Crippen LogP contribution is -2.49. The van der Waals surface area contributed by atoms with Gasteiger partial charge in [0.2, 0.25) is 5.91 Å². The van der Waals surface area contributed by atoms with Crippen LogP contribution in [0.4, 0.5) is 0 Å². The number of hydrogen-bond acceptors (Lipinski definition) is 4. The normalized spacial score (nSPS) is 18.4. The molecule has 1 atom stereocenters. The van der Waals surface area contributed by atoms with Crippen LogP contribution < -0.4 is 0 Å². The summed E-state index contributed by atoms with van der Waals surface area (Å²) in [4.78, 5) is 32.2. The number of rotatable bonds is 3. The molecule has 0 spiro atoms. The third kappa shape index (κ3) is 2.95. The van der Waals surface area contributed by atoms with E-state index in [-0.39, 0.29) is 23.9 Å². The van der Waals surface area contributed by atoms with Crippen molar-refractivity contribution in [2.24, 2.45) is 0 Å².